The molecule has 12 heavy (non-hydrogen) atoms. The molecule has 0 aromatic carbocycles. The molecule has 1 aliphatic heterocycles. The maximum absolute atomic E-state index is 11.0. The number of rotatable bonds is 1. The molecule has 1 aliphatic rings. The number of carbonyl (C=O) groups excluding carboxylic acids is 1. The Bertz CT molecular complexity index is 199. The van der Waals surface area contributed by atoms with Gasteiger partial charge in [0.25, 0.3) is 0 Å². The van der Waals surface area contributed by atoms with Crippen LogP contribution in [0, 0.1) is 5.92 Å². The zero-order valence-electron chi connectivity index (χ0n) is 7.06. The fourth-order valence-electron chi connectivity index (χ4n) is 1.08. The average molecular weight is 172 g/mol. The van der Waals surface area contributed by atoms with Gasteiger partial charge < -0.3 is 14.6 Å². The monoisotopic (exact) mass is 172 g/mol. The predicted octanol–water partition coefficient (Wildman–Crippen LogP) is 0.0689. The fourth-order valence-corrected chi connectivity index (χ4v) is 1.08. The summed E-state index contributed by atoms with van der Waals surface area (Å²) in [5, 5.41) is 9.32. The predicted molar refractivity (Wildman–Crippen MR) is 41.2 cm³/mol. The third kappa shape index (κ3) is 1.58. The Morgan fingerprint density at radius 1 is 1.67 bits per heavy atom. The van der Waals surface area contributed by atoms with Crippen LogP contribution in [-0.2, 0) is 14.3 Å². The van der Waals surface area contributed by atoms with E-state index in [4.69, 9.17) is 4.74 Å². The van der Waals surface area contributed by atoms with E-state index in [9.17, 15) is 9.90 Å². The summed E-state index contributed by atoms with van der Waals surface area (Å²) in [6.07, 6.45) is 1.51. The maximum atomic E-state index is 11.0. The van der Waals surface area contributed by atoms with Crippen molar-refractivity contribution >= 4 is 5.97 Å². The van der Waals surface area contributed by atoms with Gasteiger partial charge in [-0.1, -0.05) is 6.92 Å². The summed E-state index contributed by atoms with van der Waals surface area (Å²) in [4.78, 5) is 11.0. The van der Waals surface area contributed by atoms with Crippen molar-refractivity contribution in [2.24, 2.45) is 5.92 Å². The van der Waals surface area contributed by atoms with Gasteiger partial charge in [0.15, 0.2) is 6.10 Å². The first kappa shape index (κ1) is 9.06. The van der Waals surface area contributed by atoms with Gasteiger partial charge in [0.1, 0.15) is 0 Å². The maximum Gasteiger partial charge on any atom is 0.347 e. The number of carbonyl (C=O) groups is 1. The second-order valence-corrected chi connectivity index (χ2v) is 2.76. The Labute approximate surface area is 70.8 Å². The van der Waals surface area contributed by atoms with Crippen LogP contribution in [0.1, 0.15) is 6.92 Å². The van der Waals surface area contributed by atoms with Crippen molar-refractivity contribution in [1.29, 1.82) is 0 Å². The first-order chi connectivity index (χ1) is 5.66. The molecule has 4 heteroatoms. The van der Waals surface area contributed by atoms with E-state index in [2.05, 4.69) is 4.74 Å². The third-order valence-electron chi connectivity index (χ3n) is 1.95. The molecule has 1 heterocycles. The molecule has 0 bridgehead atoms. The summed E-state index contributed by atoms with van der Waals surface area (Å²) in [7, 11) is 1.29. The van der Waals surface area contributed by atoms with E-state index in [1.807, 2.05) is 0 Å². The highest BCUT2D eigenvalue weighted by atomic mass is 16.6. The lowest BCUT2D eigenvalue weighted by atomic mass is 9.96. The molecule has 0 radical (unpaired) electrons. The number of aliphatic hydroxyl groups is 1. The van der Waals surface area contributed by atoms with Crippen LogP contribution in [-0.4, -0.2) is 30.4 Å². The lowest BCUT2D eigenvalue weighted by molar-refractivity contribution is -0.156. The molecule has 4 nitrogen and oxygen atoms in total. The molecule has 0 spiro atoms. The smallest absolute Gasteiger partial charge is 0.347 e. The molecular weight excluding hydrogens is 160 g/mol. The number of esters is 1. The summed E-state index contributed by atoms with van der Waals surface area (Å²) in [6, 6.07) is 0. The van der Waals surface area contributed by atoms with Gasteiger partial charge in [0.05, 0.1) is 19.5 Å². The molecule has 0 aliphatic carbocycles. The van der Waals surface area contributed by atoms with Crippen molar-refractivity contribution in [2.45, 2.75) is 19.1 Å². The Hall–Kier alpha value is -1.03. The van der Waals surface area contributed by atoms with Gasteiger partial charge in [-0.3, -0.25) is 0 Å². The molecular formula is C8H12O4. The first-order valence-electron chi connectivity index (χ1n) is 3.75. The van der Waals surface area contributed by atoms with E-state index in [0.29, 0.717) is 0 Å². The molecule has 0 unspecified atom stereocenters. The number of aliphatic hydroxyl groups excluding tert-OH is 1. The number of methoxy groups -OCH3 is 1. The first-order valence-corrected chi connectivity index (χ1v) is 3.75. The quantitative estimate of drug-likeness (QED) is 0.568. The molecule has 68 valence electrons. The van der Waals surface area contributed by atoms with E-state index in [0.717, 1.165) is 0 Å². The van der Waals surface area contributed by atoms with Crippen LogP contribution in [0.2, 0.25) is 0 Å². The molecule has 0 aromatic rings. The average Bonchev–Trinajstić information content (AvgIpc) is 2.08. The van der Waals surface area contributed by atoms with E-state index >= 15 is 0 Å². The molecule has 0 saturated carbocycles. The molecule has 1 rings (SSSR count). The molecule has 0 fully saturated rings. The van der Waals surface area contributed by atoms with E-state index < -0.39 is 18.2 Å². The van der Waals surface area contributed by atoms with Gasteiger partial charge in [0.2, 0.25) is 0 Å². The summed E-state index contributed by atoms with van der Waals surface area (Å²) in [6.45, 7) is 1.73. The van der Waals surface area contributed by atoms with Crippen LogP contribution >= 0.6 is 0 Å². The topological polar surface area (TPSA) is 55.8 Å². The van der Waals surface area contributed by atoms with Crippen molar-refractivity contribution < 1.29 is 19.4 Å². The Kier molecular flexibility index (Phi) is 2.70. The zero-order valence-corrected chi connectivity index (χ0v) is 7.06. The minimum absolute atomic E-state index is 0.262. The molecule has 0 aromatic heterocycles. The Morgan fingerprint density at radius 3 is 2.92 bits per heavy atom. The normalized spacial score (nSPS) is 34.1. The fraction of sp³-hybridized carbons (Fsp3) is 0.625. The molecule has 0 amide bonds. The third-order valence-corrected chi connectivity index (χ3v) is 1.95. The van der Waals surface area contributed by atoms with Crippen LogP contribution in [0.5, 0.6) is 0 Å². The second-order valence-electron chi connectivity index (χ2n) is 2.76. The van der Waals surface area contributed by atoms with Crippen LogP contribution in [0.25, 0.3) is 0 Å². The SMILES string of the molecule is COC(=O)[C@@H]1OC=C[C@H](O)[C@@H]1C. The highest BCUT2D eigenvalue weighted by Gasteiger charge is 2.33. The summed E-state index contributed by atoms with van der Waals surface area (Å²) in [5.74, 6) is -0.714. The van der Waals surface area contributed by atoms with E-state index in [1.165, 1.54) is 19.4 Å². The number of hydrogen-bond acceptors (Lipinski definition) is 4. The minimum Gasteiger partial charge on any atom is -0.486 e. The van der Waals surface area contributed by atoms with Crippen LogP contribution in [0.15, 0.2) is 12.3 Å². The van der Waals surface area contributed by atoms with Gasteiger partial charge >= 0.3 is 5.97 Å². The van der Waals surface area contributed by atoms with Crippen LogP contribution in [0.3, 0.4) is 0 Å². The lowest BCUT2D eigenvalue weighted by Gasteiger charge is -2.27. The van der Waals surface area contributed by atoms with Crippen LogP contribution < -0.4 is 0 Å². The minimum atomic E-state index is -0.685. The lowest BCUT2D eigenvalue weighted by Crippen LogP contribution is -2.39. The van der Waals surface area contributed by atoms with Crippen LogP contribution in [0.4, 0.5) is 0 Å². The van der Waals surface area contributed by atoms with E-state index in [-0.39, 0.29) is 5.92 Å². The number of ether oxygens (including phenoxy) is 2. The Balaban J connectivity index is 2.67. The zero-order chi connectivity index (χ0) is 9.14. The van der Waals surface area contributed by atoms with Crippen molar-refractivity contribution in [3.63, 3.8) is 0 Å². The molecule has 1 N–H and O–H groups in total. The largest absolute Gasteiger partial charge is 0.486 e. The molecule has 0 saturated heterocycles. The highest BCUT2D eigenvalue weighted by Crippen LogP contribution is 2.19. The van der Waals surface area contributed by atoms with E-state index in [1.54, 1.807) is 6.92 Å². The summed E-state index contributed by atoms with van der Waals surface area (Å²) in [5.41, 5.74) is 0. The summed E-state index contributed by atoms with van der Waals surface area (Å²) >= 11 is 0. The van der Waals surface area contributed by atoms with Gasteiger partial charge in [-0.15, -0.1) is 0 Å². The van der Waals surface area contributed by atoms with Gasteiger partial charge in [-0.05, 0) is 6.08 Å². The Morgan fingerprint density at radius 2 is 2.33 bits per heavy atom. The van der Waals surface area contributed by atoms with Gasteiger partial charge in [-0.2, -0.15) is 0 Å². The van der Waals surface area contributed by atoms with Gasteiger partial charge in [0, 0.05) is 5.92 Å². The van der Waals surface area contributed by atoms with Crippen molar-refractivity contribution in [3.05, 3.63) is 12.3 Å². The standard InChI is InChI=1S/C8H12O4/c1-5-6(9)3-4-12-7(5)8(10)11-2/h3-7,9H,1-2H3/t5-,6-,7+/m0/s1. The highest BCUT2D eigenvalue weighted by molar-refractivity contribution is 5.75. The van der Waals surface area contributed by atoms with Crippen molar-refractivity contribution in [1.82, 2.24) is 0 Å². The van der Waals surface area contributed by atoms with Crippen molar-refractivity contribution in [2.75, 3.05) is 7.11 Å². The van der Waals surface area contributed by atoms with Gasteiger partial charge in [-0.25, -0.2) is 4.79 Å². The second kappa shape index (κ2) is 3.58. The number of hydrogen-bond donors (Lipinski definition) is 1. The summed E-state index contributed by atoms with van der Waals surface area (Å²) < 4.78 is 9.50. The van der Waals surface area contributed by atoms with Crippen molar-refractivity contribution in [3.8, 4) is 0 Å². The molecule has 3 atom stereocenters.